The summed E-state index contributed by atoms with van der Waals surface area (Å²) in [6, 6.07) is 26.1. The van der Waals surface area contributed by atoms with Gasteiger partial charge in [0.1, 0.15) is 12.4 Å². The fourth-order valence-electron chi connectivity index (χ4n) is 3.78. The number of aromatic nitrogens is 2. The molecule has 1 aliphatic rings. The average Bonchev–Trinajstić information content (AvgIpc) is 2.82. The first-order valence-corrected chi connectivity index (χ1v) is 10.3. The van der Waals surface area contributed by atoms with E-state index in [-0.39, 0.29) is 6.10 Å². The lowest BCUT2D eigenvalue weighted by atomic mass is 10.1. The average molecular weight is 397 g/mol. The zero-order valence-electron chi connectivity index (χ0n) is 16.9. The number of rotatable bonds is 5. The van der Waals surface area contributed by atoms with Crippen molar-refractivity contribution in [2.24, 2.45) is 0 Å². The van der Waals surface area contributed by atoms with Crippen LogP contribution in [0, 0.1) is 0 Å². The molecule has 0 aliphatic carbocycles. The maximum absolute atomic E-state index is 6.20. The van der Waals surface area contributed by atoms with Gasteiger partial charge >= 0.3 is 0 Å². The number of nitrogens with zero attached hydrogens (tertiary/aromatic N) is 3. The van der Waals surface area contributed by atoms with Gasteiger partial charge in [0, 0.05) is 17.5 Å². The third-order valence-electron chi connectivity index (χ3n) is 5.29. The Balaban J connectivity index is 1.50. The van der Waals surface area contributed by atoms with Crippen LogP contribution in [-0.2, 0) is 0 Å². The van der Waals surface area contributed by atoms with Crippen molar-refractivity contribution in [1.29, 1.82) is 0 Å². The normalized spacial score (nSPS) is 15.2. The standard InChI is InChI=1S/C25H23N3O2/c1-2-28(16-19-17-29-22-14-8-9-15-23(22)30-19)25-20-12-6-7-13-21(20)26-24(27-25)18-10-4-3-5-11-18/h3-15,19H,2,16-17H2,1H3. The van der Waals surface area contributed by atoms with Gasteiger partial charge in [-0.05, 0) is 31.2 Å². The lowest BCUT2D eigenvalue weighted by molar-refractivity contribution is 0.0953. The molecule has 0 saturated heterocycles. The number of ether oxygens (including phenoxy) is 2. The van der Waals surface area contributed by atoms with Gasteiger partial charge in [-0.3, -0.25) is 0 Å². The third kappa shape index (κ3) is 3.54. The van der Waals surface area contributed by atoms with E-state index in [0.29, 0.717) is 13.2 Å². The highest BCUT2D eigenvalue weighted by Gasteiger charge is 2.24. The van der Waals surface area contributed by atoms with Crippen LogP contribution < -0.4 is 14.4 Å². The van der Waals surface area contributed by atoms with Crippen LogP contribution in [-0.4, -0.2) is 35.8 Å². The number of hydrogen-bond donors (Lipinski definition) is 0. The van der Waals surface area contributed by atoms with Gasteiger partial charge in [-0.15, -0.1) is 0 Å². The summed E-state index contributed by atoms with van der Waals surface area (Å²) in [6.45, 7) is 4.13. The van der Waals surface area contributed by atoms with Crippen LogP contribution in [0.1, 0.15) is 6.92 Å². The second-order valence-electron chi connectivity index (χ2n) is 7.29. The van der Waals surface area contributed by atoms with E-state index in [1.54, 1.807) is 0 Å². The van der Waals surface area contributed by atoms with Gasteiger partial charge in [0.2, 0.25) is 0 Å². The first kappa shape index (κ1) is 18.4. The molecule has 30 heavy (non-hydrogen) atoms. The molecule has 150 valence electrons. The second-order valence-corrected chi connectivity index (χ2v) is 7.29. The van der Waals surface area contributed by atoms with E-state index in [4.69, 9.17) is 19.4 Å². The molecule has 4 aromatic rings. The maximum atomic E-state index is 6.20. The van der Waals surface area contributed by atoms with Crippen molar-refractivity contribution < 1.29 is 9.47 Å². The Kier molecular flexibility index (Phi) is 4.93. The minimum absolute atomic E-state index is 0.0752. The Morgan fingerprint density at radius 2 is 1.60 bits per heavy atom. The van der Waals surface area contributed by atoms with Crippen molar-refractivity contribution in [3.63, 3.8) is 0 Å². The highest BCUT2D eigenvalue weighted by Crippen LogP contribution is 2.32. The van der Waals surface area contributed by atoms with Crippen LogP contribution in [0.15, 0.2) is 78.9 Å². The van der Waals surface area contributed by atoms with E-state index in [0.717, 1.165) is 46.2 Å². The fraction of sp³-hybridized carbons (Fsp3) is 0.200. The number of likely N-dealkylation sites (N-methyl/N-ethyl adjacent to an activating group) is 1. The minimum Gasteiger partial charge on any atom is -0.486 e. The fourth-order valence-corrected chi connectivity index (χ4v) is 3.78. The summed E-state index contributed by atoms with van der Waals surface area (Å²) in [4.78, 5) is 12.0. The molecule has 0 amide bonds. The molecule has 0 fully saturated rings. The molecule has 0 spiro atoms. The second kappa shape index (κ2) is 8.03. The molecular weight excluding hydrogens is 374 g/mol. The van der Waals surface area contributed by atoms with Crippen molar-refractivity contribution in [3.05, 3.63) is 78.9 Å². The zero-order valence-corrected chi connectivity index (χ0v) is 16.9. The molecule has 5 nitrogen and oxygen atoms in total. The van der Waals surface area contributed by atoms with E-state index in [9.17, 15) is 0 Å². The Hall–Kier alpha value is -3.60. The van der Waals surface area contributed by atoms with Crippen LogP contribution in [0.3, 0.4) is 0 Å². The largest absolute Gasteiger partial charge is 0.486 e. The van der Waals surface area contributed by atoms with E-state index in [1.165, 1.54) is 0 Å². The van der Waals surface area contributed by atoms with Crippen LogP contribution in [0.2, 0.25) is 0 Å². The summed E-state index contributed by atoms with van der Waals surface area (Å²) in [5.74, 6) is 3.25. The minimum atomic E-state index is -0.0752. The number of benzene rings is 3. The summed E-state index contributed by atoms with van der Waals surface area (Å²) in [7, 11) is 0. The number of fused-ring (bicyclic) bond motifs is 2. The van der Waals surface area contributed by atoms with Gasteiger partial charge in [0.25, 0.3) is 0 Å². The van der Waals surface area contributed by atoms with Gasteiger partial charge in [-0.2, -0.15) is 0 Å². The third-order valence-corrected chi connectivity index (χ3v) is 5.29. The van der Waals surface area contributed by atoms with E-state index >= 15 is 0 Å². The molecule has 1 aromatic heterocycles. The SMILES string of the molecule is CCN(CC1COc2ccccc2O1)c1nc(-c2ccccc2)nc2ccccc12. The highest BCUT2D eigenvalue weighted by atomic mass is 16.6. The molecule has 0 N–H and O–H groups in total. The molecule has 1 atom stereocenters. The predicted molar refractivity (Wildman–Crippen MR) is 119 cm³/mol. The summed E-state index contributed by atoms with van der Waals surface area (Å²) in [5.41, 5.74) is 1.94. The van der Waals surface area contributed by atoms with Crippen molar-refractivity contribution in [2.75, 3.05) is 24.6 Å². The Morgan fingerprint density at radius 3 is 2.43 bits per heavy atom. The van der Waals surface area contributed by atoms with Gasteiger partial charge < -0.3 is 14.4 Å². The Labute approximate surface area is 175 Å². The number of para-hydroxylation sites is 3. The molecule has 1 unspecified atom stereocenters. The lowest BCUT2D eigenvalue weighted by Crippen LogP contribution is -2.41. The molecule has 5 heteroatoms. The number of anilines is 1. The molecule has 0 radical (unpaired) electrons. The molecule has 5 rings (SSSR count). The summed E-state index contributed by atoms with van der Waals surface area (Å²) in [5, 5.41) is 1.04. The lowest BCUT2D eigenvalue weighted by Gasteiger charge is -2.32. The summed E-state index contributed by atoms with van der Waals surface area (Å²) < 4.78 is 12.1. The van der Waals surface area contributed by atoms with E-state index < -0.39 is 0 Å². The molecular formula is C25H23N3O2. The molecule has 2 heterocycles. The smallest absolute Gasteiger partial charge is 0.162 e. The van der Waals surface area contributed by atoms with Crippen molar-refractivity contribution >= 4 is 16.7 Å². The molecule has 3 aromatic carbocycles. The summed E-state index contributed by atoms with van der Waals surface area (Å²) >= 11 is 0. The Bertz CT molecular complexity index is 1160. The van der Waals surface area contributed by atoms with Crippen molar-refractivity contribution in [1.82, 2.24) is 9.97 Å². The molecule has 0 saturated carbocycles. The van der Waals surface area contributed by atoms with Crippen LogP contribution in [0.25, 0.3) is 22.3 Å². The first-order valence-electron chi connectivity index (χ1n) is 10.3. The van der Waals surface area contributed by atoms with Gasteiger partial charge in [-0.25, -0.2) is 9.97 Å². The van der Waals surface area contributed by atoms with Crippen LogP contribution in [0.5, 0.6) is 11.5 Å². The van der Waals surface area contributed by atoms with Gasteiger partial charge in [0.15, 0.2) is 23.4 Å². The van der Waals surface area contributed by atoms with E-state index in [1.807, 2.05) is 72.8 Å². The van der Waals surface area contributed by atoms with Crippen molar-refractivity contribution in [2.45, 2.75) is 13.0 Å². The molecule has 0 bridgehead atoms. The van der Waals surface area contributed by atoms with E-state index in [2.05, 4.69) is 17.9 Å². The molecule has 1 aliphatic heterocycles. The quantitative estimate of drug-likeness (QED) is 0.476. The maximum Gasteiger partial charge on any atom is 0.162 e. The zero-order chi connectivity index (χ0) is 20.3. The predicted octanol–water partition coefficient (Wildman–Crippen LogP) is 4.96. The number of hydrogen-bond acceptors (Lipinski definition) is 5. The highest BCUT2D eigenvalue weighted by molar-refractivity contribution is 5.91. The summed E-state index contributed by atoms with van der Waals surface area (Å²) in [6.07, 6.45) is -0.0752. The van der Waals surface area contributed by atoms with Gasteiger partial charge in [-0.1, -0.05) is 54.6 Å². The van der Waals surface area contributed by atoms with Crippen LogP contribution in [0.4, 0.5) is 5.82 Å². The topological polar surface area (TPSA) is 47.5 Å². The van der Waals surface area contributed by atoms with Crippen molar-refractivity contribution in [3.8, 4) is 22.9 Å². The monoisotopic (exact) mass is 397 g/mol. The Morgan fingerprint density at radius 1 is 0.867 bits per heavy atom. The van der Waals surface area contributed by atoms with Crippen LogP contribution >= 0.6 is 0 Å². The first-order chi connectivity index (χ1) is 14.8. The van der Waals surface area contributed by atoms with Gasteiger partial charge in [0.05, 0.1) is 12.1 Å².